The third-order valence-electron chi connectivity index (χ3n) is 2.85. The summed E-state index contributed by atoms with van der Waals surface area (Å²) in [6.07, 6.45) is 3.62. The molecule has 3 heterocycles. The average molecular weight is 325 g/mol. The lowest BCUT2D eigenvalue weighted by molar-refractivity contribution is 0.196. The highest BCUT2D eigenvalue weighted by atomic mass is 35.5. The standard InChI is InChI=1S/C13H13ClN4O2S/c14-12-10(18-3-6-21-13(18)17-12)8-15-9-1-2-11(16-7-9)20-5-4-19/h1-3,6-7,15,19H,4-5,8H2. The second-order valence-corrected chi connectivity index (χ2v) is 5.45. The molecule has 0 spiro atoms. The van der Waals surface area contributed by atoms with Crippen molar-refractivity contribution in [1.29, 1.82) is 0 Å². The van der Waals surface area contributed by atoms with Crippen LogP contribution in [0.4, 0.5) is 5.69 Å². The molecule has 3 rings (SSSR count). The Hall–Kier alpha value is -1.83. The Morgan fingerprint density at radius 3 is 3.10 bits per heavy atom. The third-order valence-corrected chi connectivity index (χ3v) is 3.91. The highest BCUT2D eigenvalue weighted by Crippen LogP contribution is 2.22. The zero-order valence-electron chi connectivity index (χ0n) is 11.0. The predicted molar refractivity (Wildman–Crippen MR) is 82.2 cm³/mol. The monoisotopic (exact) mass is 324 g/mol. The van der Waals surface area contributed by atoms with Crippen molar-refractivity contribution in [3.05, 3.63) is 40.8 Å². The molecule has 0 aliphatic rings. The van der Waals surface area contributed by atoms with E-state index in [9.17, 15) is 0 Å². The van der Waals surface area contributed by atoms with E-state index in [2.05, 4.69) is 15.3 Å². The summed E-state index contributed by atoms with van der Waals surface area (Å²) in [7, 11) is 0. The first kappa shape index (κ1) is 14.1. The van der Waals surface area contributed by atoms with Gasteiger partial charge in [-0.05, 0) is 6.07 Å². The van der Waals surface area contributed by atoms with E-state index in [0.29, 0.717) is 17.6 Å². The number of hydrogen-bond acceptors (Lipinski definition) is 6. The van der Waals surface area contributed by atoms with E-state index < -0.39 is 0 Å². The first-order valence-electron chi connectivity index (χ1n) is 6.31. The van der Waals surface area contributed by atoms with Crippen molar-refractivity contribution in [3.63, 3.8) is 0 Å². The Morgan fingerprint density at radius 2 is 2.33 bits per heavy atom. The molecular formula is C13H13ClN4O2S. The summed E-state index contributed by atoms with van der Waals surface area (Å²) in [4.78, 5) is 9.30. The van der Waals surface area contributed by atoms with Crippen LogP contribution in [0.5, 0.6) is 5.88 Å². The smallest absolute Gasteiger partial charge is 0.213 e. The first-order valence-corrected chi connectivity index (χ1v) is 7.57. The molecule has 0 radical (unpaired) electrons. The van der Waals surface area contributed by atoms with E-state index in [4.69, 9.17) is 21.4 Å². The lowest BCUT2D eigenvalue weighted by Gasteiger charge is -2.07. The number of thiazole rings is 1. The van der Waals surface area contributed by atoms with Crippen molar-refractivity contribution >= 4 is 33.6 Å². The molecule has 2 N–H and O–H groups in total. The van der Waals surface area contributed by atoms with Gasteiger partial charge < -0.3 is 15.2 Å². The summed E-state index contributed by atoms with van der Waals surface area (Å²) < 4.78 is 7.17. The van der Waals surface area contributed by atoms with Gasteiger partial charge in [-0.1, -0.05) is 11.6 Å². The van der Waals surface area contributed by atoms with Gasteiger partial charge in [-0.2, -0.15) is 0 Å². The first-order chi connectivity index (χ1) is 10.3. The largest absolute Gasteiger partial charge is 0.475 e. The molecule has 8 heteroatoms. The van der Waals surface area contributed by atoms with Crippen LogP contribution in [0.15, 0.2) is 29.9 Å². The molecule has 0 unspecified atom stereocenters. The van der Waals surface area contributed by atoms with Crippen LogP contribution in [-0.4, -0.2) is 32.7 Å². The number of nitrogens with one attached hydrogen (secondary N) is 1. The second-order valence-electron chi connectivity index (χ2n) is 4.22. The highest BCUT2D eigenvalue weighted by Gasteiger charge is 2.10. The molecule has 110 valence electrons. The topological polar surface area (TPSA) is 71.7 Å². The summed E-state index contributed by atoms with van der Waals surface area (Å²) in [5.74, 6) is 0.484. The molecule has 0 aromatic carbocycles. The van der Waals surface area contributed by atoms with Gasteiger partial charge in [0.1, 0.15) is 6.61 Å². The van der Waals surface area contributed by atoms with Crippen molar-refractivity contribution in [2.75, 3.05) is 18.5 Å². The number of pyridine rings is 1. The fourth-order valence-electron chi connectivity index (χ4n) is 1.87. The molecule has 0 saturated heterocycles. The fraction of sp³-hybridized carbons (Fsp3) is 0.231. The Kier molecular flexibility index (Phi) is 4.23. The van der Waals surface area contributed by atoms with Crippen LogP contribution in [0.3, 0.4) is 0 Å². The number of aliphatic hydroxyl groups is 1. The van der Waals surface area contributed by atoms with E-state index in [1.165, 1.54) is 0 Å². The second kappa shape index (κ2) is 6.30. The minimum Gasteiger partial charge on any atom is -0.475 e. The molecule has 3 aromatic heterocycles. The molecule has 0 saturated carbocycles. The molecule has 3 aromatic rings. The van der Waals surface area contributed by atoms with Crippen molar-refractivity contribution in [2.45, 2.75) is 6.54 Å². The Labute approximate surface area is 130 Å². The van der Waals surface area contributed by atoms with Crippen LogP contribution in [0.25, 0.3) is 4.96 Å². The van der Waals surface area contributed by atoms with Crippen LogP contribution >= 0.6 is 22.9 Å². The van der Waals surface area contributed by atoms with Gasteiger partial charge >= 0.3 is 0 Å². The van der Waals surface area contributed by atoms with E-state index in [1.54, 1.807) is 23.6 Å². The van der Waals surface area contributed by atoms with E-state index >= 15 is 0 Å². The third kappa shape index (κ3) is 3.10. The summed E-state index contributed by atoms with van der Waals surface area (Å²) in [6, 6.07) is 3.61. The average Bonchev–Trinajstić information content (AvgIpc) is 3.05. The molecule has 0 bridgehead atoms. The van der Waals surface area contributed by atoms with Crippen molar-refractivity contribution in [1.82, 2.24) is 14.4 Å². The summed E-state index contributed by atoms with van der Waals surface area (Å²) in [5, 5.41) is 14.4. The van der Waals surface area contributed by atoms with Crippen LogP contribution in [0.1, 0.15) is 5.69 Å². The van der Waals surface area contributed by atoms with Crippen LogP contribution in [0, 0.1) is 0 Å². The summed E-state index contributed by atoms with van der Waals surface area (Å²) in [5.41, 5.74) is 1.76. The maximum Gasteiger partial charge on any atom is 0.213 e. The lowest BCUT2D eigenvalue weighted by Crippen LogP contribution is -2.05. The zero-order valence-corrected chi connectivity index (χ0v) is 12.6. The number of hydrogen-bond donors (Lipinski definition) is 2. The number of halogens is 1. The van der Waals surface area contributed by atoms with Gasteiger partial charge in [-0.3, -0.25) is 4.40 Å². The fourth-order valence-corrected chi connectivity index (χ4v) is 2.89. The molecule has 6 nitrogen and oxygen atoms in total. The van der Waals surface area contributed by atoms with Crippen LogP contribution < -0.4 is 10.1 Å². The Balaban J connectivity index is 1.67. The molecular weight excluding hydrogens is 312 g/mol. The summed E-state index contributed by atoms with van der Waals surface area (Å²) >= 11 is 7.68. The Bertz CT molecular complexity index is 725. The number of aliphatic hydroxyl groups excluding tert-OH is 1. The molecule has 0 aliphatic heterocycles. The number of anilines is 1. The molecule has 21 heavy (non-hydrogen) atoms. The highest BCUT2D eigenvalue weighted by molar-refractivity contribution is 7.15. The molecule has 0 atom stereocenters. The number of ether oxygens (including phenoxy) is 1. The molecule has 0 fully saturated rings. The van der Waals surface area contributed by atoms with Crippen molar-refractivity contribution < 1.29 is 9.84 Å². The minimum absolute atomic E-state index is 0.0297. The van der Waals surface area contributed by atoms with E-state index in [1.807, 2.05) is 22.0 Å². The quantitative estimate of drug-likeness (QED) is 0.728. The zero-order chi connectivity index (χ0) is 14.7. The number of fused-ring (bicyclic) bond motifs is 1. The number of nitrogens with zero attached hydrogens (tertiary/aromatic N) is 3. The van der Waals surface area contributed by atoms with Gasteiger partial charge in [0, 0.05) is 17.6 Å². The number of rotatable bonds is 6. The van der Waals surface area contributed by atoms with E-state index in [0.717, 1.165) is 16.3 Å². The van der Waals surface area contributed by atoms with Gasteiger partial charge in [0.15, 0.2) is 10.1 Å². The van der Waals surface area contributed by atoms with Gasteiger partial charge in [-0.15, -0.1) is 11.3 Å². The minimum atomic E-state index is -0.0297. The Morgan fingerprint density at radius 1 is 1.43 bits per heavy atom. The maximum atomic E-state index is 8.68. The normalized spacial score (nSPS) is 11.0. The van der Waals surface area contributed by atoms with Crippen LogP contribution in [-0.2, 0) is 6.54 Å². The van der Waals surface area contributed by atoms with Gasteiger partial charge in [0.05, 0.1) is 30.7 Å². The van der Waals surface area contributed by atoms with Gasteiger partial charge in [0.2, 0.25) is 5.88 Å². The molecule has 0 aliphatic carbocycles. The maximum absolute atomic E-state index is 8.68. The number of imidazole rings is 1. The van der Waals surface area contributed by atoms with E-state index in [-0.39, 0.29) is 13.2 Å². The SMILES string of the molecule is OCCOc1ccc(NCc2c(Cl)nc3sccn23)cn1. The predicted octanol–water partition coefficient (Wildman–Crippen LogP) is 2.43. The van der Waals surface area contributed by atoms with Crippen molar-refractivity contribution in [3.8, 4) is 5.88 Å². The lowest BCUT2D eigenvalue weighted by atomic mass is 10.4. The van der Waals surface area contributed by atoms with Crippen LogP contribution in [0.2, 0.25) is 5.15 Å². The van der Waals surface area contributed by atoms with Gasteiger partial charge in [0.25, 0.3) is 0 Å². The number of aromatic nitrogens is 3. The molecule has 0 amide bonds. The van der Waals surface area contributed by atoms with Gasteiger partial charge in [-0.25, -0.2) is 9.97 Å². The summed E-state index contributed by atoms with van der Waals surface area (Å²) in [6.45, 7) is 0.759. The van der Waals surface area contributed by atoms with Crippen molar-refractivity contribution in [2.24, 2.45) is 0 Å².